The van der Waals surface area contributed by atoms with Crippen molar-refractivity contribution in [3.05, 3.63) is 23.8 Å². The molecule has 2 unspecified atom stereocenters. The van der Waals surface area contributed by atoms with Crippen LogP contribution in [-0.2, 0) is 6.54 Å². The fraction of sp³-hybridized carbons (Fsp3) is 0.706. The number of halogens is 1. The van der Waals surface area contributed by atoms with Gasteiger partial charge in [0.1, 0.15) is 5.82 Å². The highest BCUT2D eigenvalue weighted by Crippen LogP contribution is 2.18. The lowest BCUT2D eigenvalue weighted by molar-refractivity contribution is 0.265. The number of nitrogens with zero attached hydrogens (tertiary/aromatic N) is 4. The number of hydrogen-bond donors (Lipinski definition) is 2. The van der Waals surface area contributed by atoms with Crippen LogP contribution in [0.1, 0.15) is 39.2 Å². The molecule has 2 rings (SSSR count). The molecular weight excluding hydrogens is 415 g/mol. The molecule has 0 bridgehead atoms. The maximum atomic E-state index is 4.68. The second kappa shape index (κ2) is 10.1. The smallest absolute Gasteiger partial charge is 0.191 e. The highest BCUT2D eigenvalue weighted by Gasteiger charge is 2.31. The van der Waals surface area contributed by atoms with Crippen LogP contribution in [-0.4, -0.2) is 52.5 Å². The predicted molar refractivity (Wildman–Crippen MR) is 110 cm³/mol. The van der Waals surface area contributed by atoms with Gasteiger partial charge in [-0.2, -0.15) is 0 Å². The number of nitrogens with one attached hydrogen (secondary N) is 2. The van der Waals surface area contributed by atoms with Crippen molar-refractivity contribution in [2.24, 2.45) is 10.9 Å². The third-order valence-electron chi connectivity index (χ3n) is 4.27. The van der Waals surface area contributed by atoms with Crippen molar-refractivity contribution in [1.82, 2.24) is 25.5 Å². The Morgan fingerprint density at radius 3 is 2.75 bits per heavy atom. The van der Waals surface area contributed by atoms with Gasteiger partial charge in [-0.1, -0.05) is 6.92 Å². The summed E-state index contributed by atoms with van der Waals surface area (Å²) in [5, 5.41) is 6.93. The Hall–Kier alpha value is -0.960. The van der Waals surface area contributed by atoms with E-state index in [2.05, 4.69) is 58.2 Å². The topological polar surface area (TPSA) is 65.4 Å². The van der Waals surface area contributed by atoms with E-state index in [1.807, 2.05) is 13.0 Å². The van der Waals surface area contributed by atoms with Crippen molar-refractivity contribution >= 4 is 29.9 Å². The molecule has 1 aromatic heterocycles. The quantitative estimate of drug-likeness (QED) is 0.413. The number of hydrogen-bond acceptors (Lipinski definition) is 4. The van der Waals surface area contributed by atoms with Gasteiger partial charge in [0.05, 0.1) is 12.2 Å². The summed E-state index contributed by atoms with van der Waals surface area (Å²) in [7, 11) is 0. The second-order valence-electron chi connectivity index (χ2n) is 6.57. The van der Waals surface area contributed by atoms with Gasteiger partial charge in [-0.3, -0.25) is 4.90 Å². The average Bonchev–Trinajstić information content (AvgIpc) is 2.86. The van der Waals surface area contributed by atoms with Crippen LogP contribution in [0.3, 0.4) is 0 Å². The van der Waals surface area contributed by atoms with Crippen molar-refractivity contribution in [3.8, 4) is 0 Å². The summed E-state index contributed by atoms with van der Waals surface area (Å²) < 4.78 is 0. The van der Waals surface area contributed by atoms with Gasteiger partial charge in [0.25, 0.3) is 0 Å². The highest BCUT2D eigenvalue weighted by atomic mass is 127. The van der Waals surface area contributed by atoms with E-state index in [-0.39, 0.29) is 24.0 Å². The summed E-state index contributed by atoms with van der Waals surface area (Å²) in [5.74, 6) is 2.27. The zero-order valence-electron chi connectivity index (χ0n) is 15.4. The van der Waals surface area contributed by atoms with Crippen LogP contribution in [0.4, 0.5) is 0 Å². The molecule has 1 saturated heterocycles. The molecule has 0 amide bonds. The molecule has 1 aromatic rings. The first-order valence-corrected chi connectivity index (χ1v) is 8.57. The van der Waals surface area contributed by atoms with Crippen molar-refractivity contribution in [3.63, 3.8) is 0 Å². The molecule has 2 heterocycles. The van der Waals surface area contributed by atoms with E-state index >= 15 is 0 Å². The van der Waals surface area contributed by atoms with Crippen molar-refractivity contribution in [2.45, 2.75) is 53.2 Å². The van der Waals surface area contributed by atoms with Gasteiger partial charge in [-0.15, -0.1) is 24.0 Å². The SMILES string of the molecule is CCNC(=NCc1ccnc(C)n1)NC1CN(C(C)C)CC1C.I. The average molecular weight is 446 g/mol. The van der Waals surface area contributed by atoms with E-state index in [4.69, 9.17) is 0 Å². The maximum Gasteiger partial charge on any atom is 0.191 e. The van der Waals surface area contributed by atoms with E-state index in [1.54, 1.807) is 6.20 Å². The van der Waals surface area contributed by atoms with E-state index in [9.17, 15) is 0 Å². The molecule has 2 atom stereocenters. The Morgan fingerprint density at radius 2 is 2.17 bits per heavy atom. The van der Waals surface area contributed by atoms with Gasteiger partial charge < -0.3 is 10.6 Å². The lowest BCUT2D eigenvalue weighted by Gasteiger charge is -2.21. The van der Waals surface area contributed by atoms with Crippen molar-refractivity contribution in [1.29, 1.82) is 0 Å². The Labute approximate surface area is 163 Å². The predicted octanol–water partition coefficient (Wildman–Crippen LogP) is 2.19. The zero-order chi connectivity index (χ0) is 16.8. The Kier molecular flexibility index (Phi) is 8.90. The van der Waals surface area contributed by atoms with E-state index in [0.29, 0.717) is 24.5 Å². The molecule has 136 valence electrons. The minimum absolute atomic E-state index is 0. The number of aromatic nitrogens is 2. The minimum atomic E-state index is 0. The zero-order valence-corrected chi connectivity index (χ0v) is 17.7. The van der Waals surface area contributed by atoms with Gasteiger partial charge >= 0.3 is 0 Å². The summed E-state index contributed by atoms with van der Waals surface area (Å²) in [6, 6.07) is 2.94. The van der Waals surface area contributed by atoms with Crippen LogP contribution >= 0.6 is 24.0 Å². The Balaban J connectivity index is 0.00000288. The third-order valence-corrected chi connectivity index (χ3v) is 4.27. The largest absolute Gasteiger partial charge is 0.357 e. The number of aryl methyl sites for hydroxylation is 1. The summed E-state index contributed by atoms with van der Waals surface area (Å²) in [5.41, 5.74) is 0.943. The van der Waals surface area contributed by atoms with Gasteiger partial charge in [0, 0.05) is 37.9 Å². The molecule has 7 heteroatoms. The molecular formula is C17H31IN6. The lowest BCUT2D eigenvalue weighted by atomic mass is 10.1. The Morgan fingerprint density at radius 1 is 1.42 bits per heavy atom. The first-order valence-electron chi connectivity index (χ1n) is 8.57. The molecule has 0 aromatic carbocycles. The minimum Gasteiger partial charge on any atom is -0.357 e. The van der Waals surface area contributed by atoms with E-state index < -0.39 is 0 Å². The highest BCUT2D eigenvalue weighted by molar-refractivity contribution is 14.0. The normalized spacial score (nSPS) is 21.7. The maximum absolute atomic E-state index is 4.68. The summed E-state index contributed by atoms with van der Waals surface area (Å²) in [6.07, 6.45) is 1.78. The molecule has 0 spiro atoms. The molecule has 0 saturated carbocycles. The van der Waals surface area contributed by atoms with Crippen LogP contribution in [0.5, 0.6) is 0 Å². The molecule has 1 fully saturated rings. The van der Waals surface area contributed by atoms with Crippen molar-refractivity contribution < 1.29 is 0 Å². The summed E-state index contributed by atoms with van der Waals surface area (Å²) in [6.45, 7) is 14.4. The van der Waals surface area contributed by atoms with Crippen LogP contribution in [0.25, 0.3) is 0 Å². The van der Waals surface area contributed by atoms with Crippen LogP contribution < -0.4 is 10.6 Å². The summed E-state index contributed by atoms with van der Waals surface area (Å²) in [4.78, 5) is 15.7. The van der Waals surface area contributed by atoms with Crippen molar-refractivity contribution in [2.75, 3.05) is 19.6 Å². The van der Waals surface area contributed by atoms with E-state index in [1.165, 1.54) is 0 Å². The van der Waals surface area contributed by atoms with Gasteiger partial charge in [-0.05, 0) is 39.7 Å². The fourth-order valence-corrected chi connectivity index (χ4v) is 2.86. The lowest BCUT2D eigenvalue weighted by Crippen LogP contribution is -2.46. The molecule has 1 aliphatic heterocycles. The standard InChI is InChI=1S/C17H30N6.HI/c1-6-18-17(20-9-15-7-8-19-14(5)21-15)22-16-11-23(12(2)3)10-13(16)4;/h7-8,12-13,16H,6,9-11H2,1-5H3,(H2,18,20,22);1H. The molecule has 1 aliphatic rings. The van der Waals surface area contributed by atoms with Gasteiger partial charge in [0.15, 0.2) is 5.96 Å². The van der Waals surface area contributed by atoms with Gasteiger partial charge in [-0.25, -0.2) is 15.0 Å². The van der Waals surface area contributed by atoms with Crippen LogP contribution in [0.15, 0.2) is 17.3 Å². The monoisotopic (exact) mass is 446 g/mol. The number of aliphatic imine (C=N–C) groups is 1. The summed E-state index contributed by atoms with van der Waals surface area (Å²) >= 11 is 0. The first-order chi connectivity index (χ1) is 11.0. The third kappa shape index (κ3) is 6.16. The number of likely N-dealkylation sites (tertiary alicyclic amines) is 1. The molecule has 24 heavy (non-hydrogen) atoms. The molecule has 0 radical (unpaired) electrons. The molecule has 2 N–H and O–H groups in total. The Bertz CT molecular complexity index is 534. The second-order valence-corrected chi connectivity index (χ2v) is 6.57. The van der Waals surface area contributed by atoms with E-state index in [0.717, 1.165) is 37.1 Å². The number of guanidine groups is 1. The molecule has 0 aliphatic carbocycles. The van der Waals surface area contributed by atoms with Crippen LogP contribution in [0.2, 0.25) is 0 Å². The number of rotatable bonds is 5. The van der Waals surface area contributed by atoms with Crippen LogP contribution in [0, 0.1) is 12.8 Å². The fourth-order valence-electron chi connectivity index (χ4n) is 2.86. The van der Waals surface area contributed by atoms with Gasteiger partial charge in [0.2, 0.25) is 0 Å². The first kappa shape index (κ1) is 21.1. The molecule has 6 nitrogen and oxygen atoms in total.